The molecule has 10 heavy (non-hydrogen) atoms. The molecule has 2 aliphatic carbocycles. The summed E-state index contributed by atoms with van der Waals surface area (Å²) < 4.78 is 5.38. The molecule has 2 rings (SSSR count). The number of hydrogen-bond acceptors (Lipinski definition) is 1. The van der Waals surface area contributed by atoms with E-state index >= 15 is 0 Å². The lowest BCUT2D eigenvalue weighted by Gasteiger charge is -2.21. The molecule has 0 bridgehead atoms. The fourth-order valence-corrected chi connectivity index (χ4v) is 1.89. The van der Waals surface area contributed by atoms with Crippen LogP contribution in [0, 0.1) is 11.8 Å². The van der Waals surface area contributed by atoms with E-state index in [1.165, 1.54) is 5.57 Å². The number of ether oxygens (including phenoxy) is 1. The zero-order valence-corrected chi connectivity index (χ0v) is 6.42. The first-order valence-corrected chi connectivity index (χ1v) is 3.62. The Morgan fingerprint density at radius 3 is 2.70 bits per heavy atom. The number of methoxy groups -OCH3 is 1. The predicted molar refractivity (Wildman–Crippen MR) is 40.7 cm³/mol. The van der Waals surface area contributed by atoms with Gasteiger partial charge < -0.3 is 4.74 Å². The molecule has 0 aromatic carbocycles. The standard InChI is InChI=1S/C9H12O/c1-6-7-4-5-9(2,10-3)8(6)7/h4-5,7-8H,1H2,2-3H3/t7-,8+,9-/m1/s1. The quantitative estimate of drug-likeness (QED) is 0.499. The van der Waals surface area contributed by atoms with Gasteiger partial charge in [-0.05, 0) is 6.92 Å². The van der Waals surface area contributed by atoms with Crippen LogP contribution >= 0.6 is 0 Å². The Morgan fingerprint density at radius 2 is 2.40 bits per heavy atom. The van der Waals surface area contributed by atoms with E-state index in [0.29, 0.717) is 11.8 Å². The molecule has 1 heteroatoms. The lowest BCUT2D eigenvalue weighted by Crippen LogP contribution is -2.25. The van der Waals surface area contributed by atoms with E-state index in [4.69, 9.17) is 4.74 Å². The van der Waals surface area contributed by atoms with E-state index in [0.717, 1.165) is 0 Å². The zero-order valence-electron chi connectivity index (χ0n) is 6.42. The van der Waals surface area contributed by atoms with Crippen LogP contribution in [0.3, 0.4) is 0 Å². The van der Waals surface area contributed by atoms with Crippen LogP contribution in [-0.2, 0) is 4.74 Å². The van der Waals surface area contributed by atoms with Crippen molar-refractivity contribution in [2.75, 3.05) is 7.11 Å². The van der Waals surface area contributed by atoms with Gasteiger partial charge in [-0.15, -0.1) is 0 Å². The number of hydrogen-bond donors (Lipinski definition) is 0. The van der Waals surface area contributed by atoms with Gasteiger partial charge in [-0.2, -0.15) is 0 Å². The van der Waals surface area contributed by atoms with Gasteiger partial charge in [0.05, 0.1) is 5.60 Å². The average Bonchev–Trinajstić information content (AvgIpc) is 2.40. The minimum Gasteiger partial charge on any atom is -0.374 e. The highest BCUT2D eigenvalue weighted by Gasteiger charge is 2.55. The van der Waals surface area contributed by atoms with Crippen molar-refractivity contribution in [1.82, 2.24) is 0 Å². The van der Waals surface area contributed by atoms with Gasteiger partial charge in [0.2, 0.25) is 0 Å². The highest BCUT2D eigenvalue weighted by Crippen LogP contribution is 2.58. The fourth-order valence-electron chi connectivity index (χ4n) is 1.89. The van der Waals surface area contributed by atoms with Crippen LogP contribution in [0.15, 0.2) is 24.3 Å². The largest absolute Gasteiger partial charge is 0.374 e. The molecule has 0 N–H and O–H groups in total. The van der Waals surface area contributed by atoms with E-state index in [-0.39, 0.29) is 5.60 Å². The molecule has 0 unspecified atom stereocenters. The normalized spacial score (nSPS) is 49.6. The van der Waals surface area contributed by atoms with Crippen LogP contribution in [0.25, 0.3) is 0 Å². The molecule has 0 aromatic rings. The third-order valence-electron chi connectivity index (χ3n) is 2.77. The van der Waals surface area contributed by atoms with Gasteiger partial charge >= 0.3 is 0 Å². The van der Waals surface area contributed by atoms with Crippen molar-refractivity contribution < 1.29 is 4.74 Å². The van der Waals surface area contributed by atoms with Crippen molar-refractivity contribution in [3.63, 3.8) is 0 Å². The number of rotatable bonds is 1. The molecular formula is C9H12O. The lowest BCUT2D eigenvalue weighted by atomic mass is 10.0. The molecule has 0 heterocycles. The van der Waals surface area contributed by atoms with Crippen LogP contribution in [-0.4, -0.2) is 12.7 Å². The Labute approximate surface area is 61.4 Å². The fraction of sp³-hybridized carbons (Fsp3) is 0.556. The SMILES string of the molecule is C=C1[C@H]2C=C[C@@](C)(OC)[C@@H]12. The summed E-state index contributed by atoms with van der Waals surface area (Å²) >= 11 is 0. The van der Waals surface area contributed by atoms with Gasteiger partial charge in [-0.1, -0.05) is 24.3 Å². The zero-order chi connectivity index (χ0) is 7.35. The molecule has 1 saturated carbocycles. The molecule has 0 aliphatic heterocycles. The topological polar surface area (TPSA) is 9.23 Å². The third-order valence-corrected chi connectivity index (χ3v) is 2.77. The Hall–Kier alpha value is -0.560. The first kappa shape index (κ1) is 6.17. The van der Waals surface area contributed by atoms with Crippen LogP contribution in [0.1, 0.15) is 6.92 Å². The molecule has 1 fully saturated rings. The maximum atomic E-state index is 5.38. The number of fused-ring (bicyclic) bond motifs is 1. The summed E-state index contributed by atoms with van der Waals surface area (Å²) in [6.45, 7) is 6.08. The molecule has 2 aliphatic rings. The average molecular weight is 136 g/mol. The van der Waals surface area contributed by atoms with E-state index in [2.05, 4.69) is 25.7 Å². The smallest absolute Gasteiger partial charge is 0.0904 e. The van der Waals surface area contributed by atoms with Crippen LogP contribution in [0.4, 0.5) is 0 Å². The first-order chi connectivity index (χ1) is 4.69. The molecule has 54 valence electrons. The van der Waals surface area contributed by atoms with Crippen molar-refractivity contribution in [1.29, 1.82) is 0 Å². The second-order valence-corrected chi connectivity index (χ2v) is 3.33. The molecule has 0 saturated heterocycles. The van der Waals surface area contributed by atoms with Crippen molar-refractivity contribution >= 4 is 0 Å². The minimum atomic E-state index is -0.0399. The Morgan fingerprint density at radius 1 is 1.70 bits per heavy atom. The van der Waals surface area contributed by atoms with Gasteiger partial charge in [0.1, 0.15) is 0 Å². The van der Waals surface area contributed by atoms with Crippen LogP contribution in [0.2, 0.25) is 0 Å². The molecule has 1 nitrogen and oxygen atoms in total. The molecule has 0 radical (unpaired) electrons. The summed E-state index contributed by atoms with van der Waals surface area (Å²) in [5.41, 5.74) is 1.30. The maximum Gasteiger partial charge on any atom is 0.0904 e. The summed E-state index contributed by atoms with van der Waals surface area (Å²) in [5.74, 6) is 1.21. The lowest BCUT2D eigenvalue weighted by molar-refractivity contribution is 0.0362. The second kappa shape index (κ2) is 1.54. The van der Waals surface area contributed by atoms with Crippen molar-refractivity contribution in [2.45, 2.75) is 12.5 Å². The van der Waals surface area contributed by atoms with Gasteiger partial charge in [0, 0.05) is 18.9 Å². The highest BCUT2D eigenvalue weighted by molar-refractivity contribution is 5.44. The van der Waals surface area contributed by atoms with E-state index < -0.39 is 0 Å². The molecule has 3 atom stereocenters. The van der Waals surface area contributed by atoms with Crippen molar-refractivity contribution in [3.05, 3.63) is 24.3 Å². The summed E-state index contributed by atoms with van der Waals surface area (Å²) in [5, 5.41) is 0. The maximum absolute atomic E-state index is 5.38. The third kappa shape index (κ3) is 0.517. The van der Waals surface area contributed by atoms with E-state index in [1.807, 2.05) is 0 Å². The highest BCUT2D eigenvalue weighted by atomic mass is 16.5. The number of allylic oxidation sites excluding steroid dienone is 1. The monoisotopic (exact) mass is 136 g/mol. The van der Waals surface area contributed by atoms with Crippen molar-refractivity contribution in [2.24, 2.45) is 11.8 Å². The first-order valence-electron chi connectivity index (χ1n) is 3.62. The van der Waals surface area contributed by atoms with Gasteiger partial charge in [-0.25, -0.2) is 0 Å². The van der Waals surface area contributed by atoms with Gasteiger partial charge in [0.15, 0.2) is 0 Å². The van der Waals surface area contributed by atoms with Crippen molar-refractivity contribution in [3.8, 4) is 0 Å². The predicted octanol–water partition coefficient (Wildman–Crippen LogP) is 1.76. The molecule has 0 aromatic heterocycles. The Kier molecular flexibility index (Phi) is 0.948. The summed E-state index contributed by atoms with van der Waals surface area (Å²) in [6, 6.07) is 0. The Bertz CT molecular complexity index is 217. The van der Waals surface area contributed by atoms with Crippen LogP contribution < -0.4 is 0 Å². The van der Waals surface area contributed by atoms with E-state index in [1.54, 1.807) is 7.11 Å². The summed E-state index contributed by atoms with van der Waals surface area (Å²) in [7, 11) is 1.76. The van der Waals surface area contributed by atoms with Crippen LogP contribution in [0.5, 0.6) is 0 Å². The van der Waals surface area contributed by atoms with Gasteiger partial charge in [-0.3, -0.25) is 0 Å². The molecule has 0 amide bonds. The molecular weight excluding hydrogens is 124 g/mol. The summed E-state index contributed by atoms with van der Waals surface area (Å²) in [4.78, 5) is 0. The minimum absolute atomic E-state index is 0.0399. The Balaban J connectivity index is 2.28. The second-order valence-electron chi connectivity index (χ2n) is 3.33. The van der Waals surface area contributed by atoms with E-state index in [9.17, 15) is 0 Å². The summed E-state index contributed by atoms with van der Waals surface area (Å²) in [6.07, 6.45) is 4.35. The molecule has 0 spiro atoms. The van der Waals surface area contributed by atoms with Gasteiger partial charge in [0.25, 0.3) is 0 Å².